The third-order valence-corrected chi connectivity index (χ3v) is 4.16. The minimum absolute atomic E-state index is 0.0978. The summed E-state index contributed by atoms with van der Waals surface area (Å²) in [4.78, 5) is 14.3. The third kappa shape index (κ3) is 7.49. The molecule has 1 aromatic carbocycles. The highest BCUT2D eigenvalue weighted by Crippen LogP contribution is 2.36. The first-order valence-corrected chi connectivity index (χ1v) is 8.84. The van der Waals surface area contributed by atoms with E-state index < -0.39 is 22.7 Å². The van der Waals surface area contributed by atoms with Gasteiger partial charge in [-0.1, -0.05) is 25.4 Å². The molecule has 0 aromatic heterocycles. The zero-order valence-electron chi connectivity index (χ0n) is 15.2. The quantitative estimate of drug-likeness (QED) is 0.372. The third-order valence-electron chi connectivity index (χ3n) is 3.83. The lowest BCUT2D eigenvalue weighted by Gasteiger charge is -2.17. The SMILES string of the molecule is CCN(CC)CCCN/C=C(/C#N)C(=O)Nc1ccc(Cl)c(C(F)(F)F)c1. The van der Waals surface area contributed by atoms with Crippen molar-refractivity contribution < 1.29 is 18.0 Å². The van der Waals surface area contributed by atoms with Crippen LogP contribution >= 0.6 is 11.6 Å². The zero-order valence-corrected chi connectivity index (χ0v) is 15.9. The van der Waals surface area contributed by atoms with Crippen molar-refractivity contribution in [3.8, 4) is 6.07 Å². The van der Waals surface area contributed by atoms with Crippen LogP contribution in [0.2, 0.25) is 5.02 Å². The Labute approximate surface area is 161 Å². The number of carbonyl (C=O) groups excluding carboxylic acids is 1. The fraction of sp³-hybridized carbons (Fsp3) is 0.444. The summed E-state index contributed by atoms with van der Waals surface area (Å²) in [7, 11) is 0. The molecule has 9 heteroatoms. The average Bonchev–Trinajstić information content (AvgIpc) is 2.62. The Bertz CT molecular complexity index is 710. The predicted octanol–water partition coefficient (Wildman–Crippen LogP) is 4.03. The van der Waals surface area contributed by atoms with E-state index in [9.17, 15) is 18.0 Å². The van der Waals surface area contributed by atoms with E-state index in [2.05, 4.69) is 29.4 Å². The number of nitrogens with zero attached hydrogens (tertiary/aromatic N) is 2. The molecule has 0 atom stereocenters. The van der Waals surface area contributed by atoms with Crippen molar-refractivity contribution >= 4 is 23.2 Å². The number of halogens is 4. The number of amides is 1. The van der Waals surface area contributed by atoms with Crippen molar-refractivity contribution in [2.75, 3.05) is 31.5 Å². The molecule has 148 valence electrons. The first kappa shape index (κ1) is 22.8. The van der Waals surface area contributed by atoms with Crippen LogP contribution in [0.25, 0.3) is 0 Å². The topological polar surface area (TPSA) is 68.2 Å². The molecular weight excluding hydrogens is 381 g/mol. The van der Waals surface area contributed by atoms with Crippen LogP contribution in [0.5, 0.6) is 0 Å². The fourth-order valence-corrected chi connectivity index (χ4v) is 2.51. The van der Waals surface area contributed by atoms with E-state index in [-0.39, 0.29) is 11.3 Å². The van der Waals surface area contributed by atoms with Gasteiger partial charge in [0.1, 0.15) is 11.6 Å². The summed E-state index contributed by atoms with van der Waals surface area (Å²) in [6, 6.07) is 4.74. The number of rotatable bonds is 9. The summed E-state index contributed by atoms with van der Waals surface area (Å²) in [5.74, 6) is -0.802. The molecule has 2 N–H and O–H groups in total. The highest BCUT2D eigenvalue weighted by molar-refractivity contribution is 6.31. The molecule has 1 amide bonds. The van der Waals surface area contributed by atoms with Crippen molar-refractivity contribution in [2.45, 2.75) is 26.4 Å². The molecule has 0 aliphatic heterocycles. The summed E-state index contributed by atoms with van der Waals surface area (Å²) < 4.78 is 38.6. The highest BCUT2D eigenvalue weighted by atomic mass is 35.5. The van der Waals surface area contributed by atoms with Crippen LogP contribution in [0.1, 0.15) is 25.8 Å². The van der Waals surface area contributed by atoms with Gasteiger partial charge in [-0.25, -0.2) is 0 Å². The van der Waals surface area contributed by atoms with Gasteiger partial charge in [0.2, 0.25) is 0 Å². The lowest BCUT2D eigenvalue weighted by molar-refractivity contribution is -0.137. The molecule has 0 unspecified atom stereocenters. The van der Waals surface area contributed by atoms with Gasteiger partial charge in [-0.2, -0.15) is 18.4 Å². The lowest BCUT2D eigenvalue weighted by atomic mass is 10.2. The number of nitrogens with one attached hydrogen (secondary N) is 2. The molecule has 0 saturated carbocycles. The Kier molecular flexibility index (Phi) is 9.12. The summed E-state index contributed by atoms with van der Waals surface area (Å²) >= 11 is 5.54. The molecule has 0 aliphatic carbocycles. The zero-order chi connectivity index (χ0) is 20.4. The Morgan fingerprint density at radius 2 is 2.00 bits per heavy atom. The van der Waals surface area contributed by atoms with Gasteiger partial charge in [-0.15, -0.1) is 0 Å². The summed E-state index contributed by atoms with van der Waals surface area (Å²) in [6.07, 6.45) is -2.55. The van der Waals surface area contributed by atoms with Gasteiger partial charge in [0.15, 0.2) is 0 Å². The standard InChI is InChI=1S/C18H22ClF3N4O/c1-3-26(4-2)9-5-8-24-12-13(11-23)17(27)25-14-6-7-16(19)15(10-14)18(20,21)22/h6-7,10,12,24H,3-5,8-9H2,1-2H3,(H,25,27)/b13-12-. The van der Waals surface area contributed by atoms with Gasteiger partial charge in [0.25, 0.3) is 5.91 Å². The maximum atomic E-state index is 12.9. The van der Waals surface area contributed by atoms with Crippen molar-refractivity contribution in [1.29, 1.82) is 5.26 Å². The second-order valence-corrected chi connectivity index (χ2v) is 6.06. The summed E-state index contributed by atoms with van der Waals surface area (Å²) in [5, 5.41) is 13.8. The minimum Gasteiger partial charge on any atom is -0.390 e. The maximum Gasteiger partial charge on any atom is 0.417 e. The van der Waals surface area contributed by atoms with E-state index in [4.69, 9.17) is 16.9 Å². The van der Waals surface area contributed by atoms with E-state index in [1.807, 2.05) is 0 Å². The van der Waals surface area contributed by atoms with Crippen molar-refractivity contribution in [3.63, 3.8) is 0 Å². The number of benzene rings is 1. The van der Waals surface area contributed by atoms with E-state index in [0.29, 0.717) is 6.54 Å². The number of anilines is 1. The predicted molar refractivity (Wildman–Crippen MR) is 99.2 cm³/mol. The molecule has 0 radical (unpaired) electrons. The smallest absolute Gasteiger partial charge is 0.390 e. The van der Waals surface area contributed by atoms with Gasteiger partial charge in [0, 0.05) is 18.4 Å². The van der Waals surface area contributed by atoms with Gasteiger partial charge in [-0.3, -0.25) is 4.79 Å². The van der Waals surface area contributed by atoms with Crippen LogP contribution in [0.4, 0.5) is 18.9 Å². The molecule has 0 spiro atoms. The molecule has 0 bridgehead atoms. The Balaban J connectivity index is 2.67. The average molecular weight is 403 g/mol. The van der Waals surface area contributed by atoms with Gasteiger partial charge in [-0.05, 0) is 44.3 Å². The molecule has 1 aromatic rings. The van der Waals surface area contributed by atoms with Gasteiger partial charge in [0.05, 0.1) is 10.6 Å². The number of nitriles is 1. The number of carbonyl (C=O) groups is 1. The van der Waals surface area contributed by atoms with Crippen molar-refractivity contribution in [3.05, 3.63) is 40.6 Å². The van der Waals surface area contributed by atoms with Gasteiger partial charge < -0.3 is 15.5 Å². The van der Waals surface area contributed by atoms with Crippen LogP contribution < -0.4 is 10.6 Å². The first-order valence-electron chi connectivity index (χ1n) is 8.47. The fourth-order valence-electron chi connectivity index (χ4n) is 2.29. The largest absolute Gasteiger partial charge is 0.417 e. The van der Waals surface area contributed by atoms with E-state index in [1.165, 1.54) is 12.3 Å². The van der Waals surface area contributed by atoms with Gasteiger partial charge >= 0.3 is 6.18 Å². The van der Waals surface area contributed by atoms with Crippen LogP contribution in [0.15, 0.2) is 30.0 Å². The molecule has 0 saturated heterocycles. The Morgan fingerprint density at radius 1 is 1.33 bits per heavy atom. The van der Waals surface area contributed by atoms with E-state index >= 15 is 0 Å². The normalized spacial score (nSPS) is 12.0. The Morgan fingerprint density at radius 3 is 2.56 bits per heavy atom. The molecule has 5 nitrogen and oxygen atoms in total. The lowest BCUT2D eigenvalue weighted by Crippen LogP contribution is -2.26. The van der Waals surface area contributed by atoms with Crippen molar-refractivity contribution in [2.24, 2.45) is 0 Å². The molecular formula is C18H22ClF3N4O. The summed E-state index contributed by atoms with van der Waals surface area (Å²) in [6.45, 7) is 7.46. The second-order valence-electron chi connectivity index (χ2n) is 5.65. The molecule has 0 aliphatic rings. The summed E-state index contributed by atoms with van der Waals surface area (Å²) in [5.41, 5.74) is -1.39. The monoisotopic (exact) mass is 402 g/mol. The Hall–Kier alpha value is -2.24. The highest BCUT2D eigenvalue weighted by Gasteiger charge is 2.33. The van der Waals surface area contributed by atoms with Crippen LogP contribution in [-0.4, -0.2) is 37.0 Å². The molecule has 0 fully saturated rings. The number of hydrogen-bond donors (Lipinski definition) is 2. The molecule has 0 heterocycles. The van der Waals surface area contributed by atoms with Crippen LogP contribution in [0.3, 0.4) is 0 Å². The van der Waals surface area contributed by atoms with E-state index in [0.717, 1.165) is 38.2 Å². The second kappa shape index (κ2) is 10.8. The number of hydrogen-bond acceptors (Lipinski definition) is 4. The molecule has 1 rings (SSSR count). The first-order chi connectivity index (χ1) is 12.7. The minimum atomic E-state index is -4.64. The van der Waals surface area contributed by atoms with Crippen LogP contribution in [-0.2, 0) is 11.0 Å². The molecule has 27 heavy (non-hydrogen) atoms. The number of alkyl halides is 3. The van der Waals surface area contributed by atoms with Crippen LogP contribution in [0, 0.1) is 11.3 Å². The van der Waals surface area contributed by atoms with E-state index in [1.54, 1.807) is 6.07 Å². The maximum absolute atomic E-state index is 12.9. The van der Waals surface area contributed by atoms with Crippen molar-refractivity contribution in [1.82, 2.24) is 10.2 Å².